The summed E-state index contributed by atoms with van der Waals surface area (Å²) in [5.74, 6) is -0.235. The highest BCUT2D eigenvalue weighted by Crippen LogP contribution is 2.34. The van der Waals surface area contributed by atoms with Crippen LogP contribution in [0.1, 0.15) is 12.5 Å². The van der Waals surface area contributed by atoms with Crippen LogP contribution in [-0.2, 0) is 6.54 Å². The lowest BCUT2D eigenvalue weighted by Gasteiger charge is -2.14. The standard InChI is InChI=1S/C24H19N5O2S/c1-2-29-15-23(31-28-29)27-22(30)16-32-24-20(14-25)19(17-9-5-3-6-10-17)13-21(26-24)18-11-7-4-8-12-18/h3-13,15H,2,16H2,1H3. The van der Waals surface area contributed by atoms with Gasteiger partial charge in [0.2, 0.25) is 5.27 Å². The molecule has 0 spiro atoms. The van der Waals surface area contributed by atoms with Crippen LogP contribution >= 0.6 is 11.8 Å². The van der Waals surface area contributed by atoms with Gasteiger partial charge in [-0.05, 0) is 24.5 Å². The minimum atomic E-state index is -0.397. The molecule has 0 N–H and O–H groups in total. The molecule has 0 aliphatic carbocycles. The SMILES string of the molecule is CC[n+]1cc(/N=C(/[O-])CSc2nc(-c3ccccc3)cc(-c3ccccc3)c2C#N)on1. The zero-order valence-corrected chi connectivity index (χ0v) is 18.1. The van der Waals surface area contributed by atoms with E-state index in [1.807, 2.05) is 73.7 Å². The minimum absolute atomic E-state index is 0.0149. The van der Waals surface area contributed by atoms with Crippen molar-refractivity contribution in [2.75, 3.05) is 5.75 Å². The number of pyridine rings is 1. The molecule has 158 valence electrons. The van der Waals surface area contributed by atoms with Crippen LogP contribution in [0.15, 0.2) is 87.5 Å². The van der Waals surface area contributed by atoms with Crippen molar-refractivity contribution in [1.82, 2.24) is 10.3 Å². The summed E-state index contributed by atoms with van der Waals surface area (Å²) in [7, 11) is 0. The van der Waals surface area contributed by atoms with Gasteiger partial charge in [0.15, 0.2) is 6.54 Å². The summed E-state index contributed by atoms with van der Waals surface area (Å²) in [6.45, 7) is 2.52. The molecular formula is C24H19N5O2S. The van der Waals surface area contributed by atoms with Gasteiger partial charge in [-0.2, -0.15) is 5.26 Å². The second kappa shape index (κ2) is 9.90. The van der Waals surface area contributed by atoms with E-state index in [1.54, 1.807) is 10.9 Å². The van der Waals surface area contributed by atoms with Gasteiger partial charge in [-0.1, -0.05) is 77.1 Å². The van der Waals surface area contributed by atoms with Crippen molar-refractivity contribution in [1.29, 1.82) is 5.26 Å². The van der Waals surface area contributed by atoms with Crippen molar-refractivity contribution >= 4 is 23.5 Å². The molecule has 0 radical (unpaired) electrons. The molecule has 0 saturated carbocycles. The number of rotatable bonds is 7. The number of aliphatic imine (C=N–C) groups is 1. The third kappa shape index (κ3) is 4.85. The molecule has 32 heavy (non-hydrogen) atoms. The topological polar surface area (TPSA) is 102 Å². The maximum atomic E-state index is 12.4. The number of aryl methyl sites for hydroxylation is 1. The number of hydrogen-bond acceptors (Lipinski definition) is 7. The third-order valence-corrected chi connectivity index (χ3v) is 5.60. The summed E-state index contributed by atoms with van der Waals surface area (Å²) >= 11 is 1.18. The number of nitriles is 1. The van der Waals surface area contributed by atoms with Crippen LogP contribution in [0.25, 0.3) is 22.4 Å². The van der Waals surface area contributed by atoms with Crippen LogP contribution in [0, 0.1) is 11.3 Å². The summed E-state index contributed by atoms with van der Waals surface area (Å²) < 4.78 is 6.57. The highest BCUT2D eigenvalue weighted by atomic mass is 32.2. The molecule has 0 saturated heterocycles. The van der Waals surface area contributed by atoms with Crippen LogP contribution < -0.4 is 9.79 Å². The van der Waals surface area contributed by atoms with E-state index < -0.39 is 5.90 Å². The Bertz CT molecular complexity index is 1280. The fourth-order valence-electron chi connectivity index (χ4n) is 3.09. The fraction of sp³-hybridized carbons (Fsp3) is 0.125. The van der Waals surface area contributed by atoms with Crippen molar-refractivity contribution in [2.24, 2.45) is 4.99 Å². The van der Waals surface area contributed by atoms with Gasteiger partial charge in [-0.25, -0.2) is 9.98 Å². The zero-order chi connectivity index (χ0) is 22.3. The van der Waals surface area contributed by atoms with Gasteiger partial charge >= 0.3 is 5.88 Å². The van der Waals surface area contributed by atoms with Crippen LogP contribution in [0.5, 0.6) is 0 Å². The van der Waals surface area contributed by atoms with Gasteiger partial charge in [0.25, 0.3) is 6.20 Å². The molecule has 8 heteroatoms. The molecule has 7 nitrogen and oxygen atoms in total. The van der Waals surface area contributed by atoms with E-state index in [2.05, 4.69) is 16.3 Å². The average Bonchev–Trinajstić information content (AvgIpc) is 3.30. The van der Waals surface area contributed by atoms with E-state index in [0.29, 0.717) is 17.1 Å². The van der Waals surface area contributed by atoms with Gasteiger partial charge in [0.1, 0.15) is 11.1 Å². The Morgan fingerprint density at radius 3 is 2.44 bits per heavy atom. The number of nitrogens with zero attached hydrogens (tertiary/aromatic N) is 5. The van der Waals surface area contributed by atoms with E-state index in [1.165, 1.54) is 11.8 Å². The van der Waals surface area contributed by atoms with Gasteiger partial charge < -0.3 is 5.11 Å². The third-order valence-electron chi connectivity index (χ3n) is 4.64. The molecule has 0 unspecified atom stereocenters. The Morgan fingerprint density at radius 2 is 1.81 bits per heavy atom. The van der Waals surface area contributed by atoms with Crippen molar-refractivity contribution in [3.63, 3.8) is 0 Å². The molecule has 2 aromatic carbocycles. The van der Waals surface area contributed by atoms with Gasteiger partial charge in [-0.3, -0.25) is 4.52 Å². The first-order chi connectivity index (χ1) is 15.7. The minimum Gasteiger partial charge on any atom is -0.861 e. The predicted octanol–water partition coefficient (Wildman–Crippen LogP) is 3.77. The first-order valence-corrected chi connectivity index (χ1v) is 11.0. The molecule has 2 heterocycles. The zero-order valence-electron chi connectivity index (χ0n) is 17.3. The normalized spacial score (nSPS) is 11.3. The van der Waals surface area contributed by atoms with E-state index in [4.69, 9.17) is 9.51 Å². The maximum Gasteiger partial charge on any atom is 0.320 e. The average molecular weight is 442 g/mol. The largest absolute Gasteiger partial charge is 0.861 e. The van der Waals surface area contributed by atoms with E-state index in [-0.39, 0.29) is 11.6 Å². The fourth-order valence-corrected chi connectivity index (χ4v) is 3.88. The van der Waals surface area contributed by atoms with Crippen LogP contribution in [0.4, 0.5) is 5.88 Å². The summed E-state index contributed by atoms with van der Waals surface area (Å²) in [4.78, 5) is 8.64. The second-order valence-corrected chi connectivity index (χ2v) is 7.73. The quantitative estimate of drug-likeness (QED) is 0.187. The summed E-state index contributed by atoms with van der Waals surface area (Å²) in [6.07, 6.45) is 1.56. The number of hydrogen-bond donors (Lipinski definition) is 0. The summed E-state index contributed by atoms with van der Waals surface area (Å²) in [5.41, 5.74) is 3.77. The number of aromatic nitrogens is 3. The van der Waals surface area contributed by atoms with Gasteiger partial charge in [-0.15, -0.1) is 0 Å². The molecule has 0 atom stereocenters. The first kappa shape index (κ1) is 21.3. The van der Waals surface area contributed by atoms with Crippen molar-refractivity contribution in [3.05, 3.63) is 78.5 Å². The van der Waals surface area contributed by atoms with Crippen LogP contribution in [0.2, 0.25) is 0 Å². The smallest absolute Gasteiger partial charge is 0.320 e. The highest BCUT2D eigenvalue weighted by Gasteiger charge is 2.16. The van der Waals surface area contributed by atoms with Crippen molar-refractivity contribution in [3.8, 4) is 28.5 Å². The van der Waals surface area contributed by atoms with Crippen molar-refractivity contribution in [2.45, 2.75) is 18.5 Å². The molecule has 0 bridgehead atoms. The van der Waals surface area contributed by atoms with Crippen LogP contribution in [0.3, 0.4) is 0 Å². The predicted molar refractivity (Wildman–Crippen MR) is 120 cm³/mol. The maximum absolute atomic E-state index is 12.4. The second-order valence-electron chi connectivity index (χ2n) is 6.77. The van der Waals surface area contributed by atoms with E-state index in [0.717, 1.165) is 22.4 Å². The lowest BCUT2D eigenvalue weighted by Crippen LogP contribution is -2.32. The molecule has 0 fully saturated rings. The lowest BCUT2D eigenvalue weighted by atomic mass is 9.99. The molecule has 4 aromatic rings. The number of thioether (sulfide) groups is 1. The first-order valence-electron chi connectivity index (χ1n) is 9.97. The highest BCUT2D eigenvalue weighted by molar-refractivity contribution is 7.99. The Balaban J connectivity index is 1.71. The Morgan fingerprint density at radius 1 is 1.12 bits per heavy atom. The Labute approximate surface area is 189 Å². The molecule has 0 amide bonds. The van der Waals surface area contributed by atoms with Crippen molar-refractivity contribution < 1.29 is 14.3 Å². The van der Waals surface area contributed by atoms with Crippen LogP contribution in [-0.4, -0.2) is 21.9 Å². The summed E-state index contributed by atoms with van der Waals surface area (Å²) in [6, 6.07) is 23.6. The summed E-state index contributed by atoms with van der Waals surface area (Å²) in [5, 5.41) is 26.6. The van der Waals surface area contributed by atoms with E-state index >= 15 is 0 Å². The van der Waals surface area contributed by atoms with Gasteiger partial charge in [0, 0.05) is 16.9 Å². The molecular weight excluding hydrogens is 422 g/mol. The molecule has 0 aliphatic rings. The Kier molecular flexibility index (Phi) is 6.58. The molecule has 2 aromatic heterocycles. The van der Waals surface area contributed by atoms with Gasteiger partial charge in [0.05, 0.1) is 11.3 Å². The monoisotopic (exact) mass is 441 g/mol. The van der Waals surface area contributed by atoms with E-state index in [9.17, 15) is 10.4 Å². The molecule has 0 aliphatic heterocycles. The molecule has 4 rings (SSSR count). The number of benzene rings is 2. The Hall–Kier alpha value is -3.96. The lowest BCUT2D eigenvalue weighted by molar-refractivity contribution is -0.759.